The van der Waals surface area contributed by atoms with E-state index in [1.807, 2.05) is 0 Å². The number of aromatic nitrogens is 4. The highest BCUT2D eigenvalue weighted by Crippen LogP contribution is 2.38. The first-order valence-electron chi connectivity index (χ1n) is 6.35. The van der Waals surface area contributed by atoms with E-state index in [1.165, 1.54) is 17.0 Å². The molecule has 2 aromatic heterocycles. The number of benzene rings is 1. The first-order valence-corrected chi connectivity index (χ1v) is 6.35. The third-order valence-electron chi connectivity index (χ3n) is 3.31. The van der Waals surface area contributed by atoms with Gasteiger partial charge in [-0.25, -0.2) is 19.7 Å². The number of imidazole rings is 1. The van der Waals surface area contributed by atoms with Crippen LogP contribution in [-0.2, 0) is 13.2 Å². The molecule has 0 radical (unpaired) electrons. The zero-order valence-electron chi connectivity index (χ0n) is 11.7. The van der Waals surface area contributed by atoms with Gasteiger partial charge in [0.2, 0.25) is 0 Å². The van der Waals surface area contributed by atoms with Crippen LogP contribution in [0, 0.1) is 0 Å². The molecule has 0 bridgehead atoms. The molecule has 1 N–H and O–H groups in total. The van der Waals surface area contributed by atoms with Crippen LogP contribution in [0.1, 0.15) is 15.9 Å². The largest absolute Gasteiger partial charge is 0.478 e. The lowest BCUT2D eigenvalue weighted by molar-refractivity contribution is -0.137. The number of hydrogen-bond donors (Lipinski definition) is 1. The van der Waals surface area contributed by atoms with Gasteiger partial charge in [-0.3, -0.25) is 0 Å². The van der Waals surface area contributed by atoms with Gasteiger partial charge in [-0.15, -0.1) is 0 Å². The van der Waals surface area contributed by atoms with Gasteiger partial charge < -0.3 is 9.67 Å². The van der Waals surface area contributed by atoms with Crippen molar-refractivity contribution in [3.63, 3.8) is 0 Å². The van der Waals surface area contributed by atoms with Crippen LogP contribution in [0.4, 0.5) is 13.2 Å². The van der Waals surface area contributed by atoms with Crippen molar-refractivity contribution in [2.24, 2.45) is 7.05 Å². The summed E-state index contributed by atoms with van der Waals surface area (Å²) in [5.41, 5.74) is -0.678. The molecule has 0 unspecified atom stereocenters. The number of nitrogens with zero attached hydrogens (tertiary/aromatic N) is 4. The van der Waals surface area contributed by atoms with Crippen LogP contribution < -0.4 is 0 Å². The number of halogens is 3. The molecule has 0 amide bonds. The number of fused-ring (bicyclic) bond motifs is 1. The second kappa shape index (κ2) is 5.04. The Morgan fingerprint density at radius 3 is 2.39 bits per heavy atom. The molecule has 1 aromatic carbocycles. The van der Waals surface area contributed by atoms with Gasteiger partial charge in [0.25, 0.3) is 0 Å². The number of carboxylic acids is 1. The fraction of sp³-hybridized carbons (Fsp3) is 0.143. The number of aryl methyl sites for hydroxylation is 1. The third kappa shape index (κ3) is 2.60. The fourth-order valence-electron chi connectivity index (χ4n) is 2.17. The zero-order chi connectivity index (χ0) is 16.8. The summed E-state index contributed by atoms with van der Waals surface area (Å²) in [7, 11) is 1.59. The van der Waals surface area contributed by atoms with Crippen LogP contribution in [0.3, 0.4) is 0 Å². The van der Waals surface area contributed by atoms with E-state index in [4.69, 9.17) is 5.11 Å². The second-order valence-electron chi connectivity index (χ2n) is 4.84. The summed E-state index contributed by atoms with van der Waals surface area (Å²) in [5.74, 6) is -1.47. The Morgan fingerprint density at radius 1 is 1.17 bits per heavy atom. The summed E-state index contributed by atoms with van der Waals surface area (Å²) < 4.78 is 41.5. The van der Waals surface area contributed by atoms with Crippen molar-refractivity contribution >= 4 is 17.0 Å². The van der Waals surface area contributed by atoms with Crippen LogP contribution in [0.5, 0.6) is 0 Å². The Kier molecular flexibility index (Phi) is 3.28. The lowest BCUT2D eigenvalue weighted by atomic mass is 10.0. The quantitative estimate of drug-likeness (QED) is 0.784. The highest BCUT2D eigenvalue weighted by Gasteiger charge is 2.35. The number of carboxylic acid groups (broad SMARTS) is 1. The Balaban J connectivity index is 2.24. The highest BCUT2D eigenvalue weighted by molar-refractivity contribution is 5.87. The molecule has 3 aromatic rings. The van der Waals surface area contributed by atoms with Gasteiger partial charge in [-0.05, 0) is 12.1 Å². The van der Waals surface area contributed by atoms with Gasteiger partial charge in [0.1, 0.15) is 0 Å². The molecule has 0 aliphatic rings. The smallest absolute Gasteiger partial charge is 0.417 e. The fourth-order valence-corrected chi connectivity index (χ4v) is 2.17. The Hall–Kier alpha value is -2.97. The zero-order valence-corrected chi connectivity index (χ0v) is 11.7. The van der Waals surface area contributed by atoms with Gasteiger partial charge in [-0.1, -0.05) is 0 Å². The standard InChI is InChI=1S/C14H9F3N4O2/c1-21-6-20-10-2-8(9(3-11(10)21)14(15,16)17)12-18-4-7(5-19-12)13(22)23/h2-6H,1H3,(H,22,23). The third-order valence-corrected chi connectivity index (χ3v) is 3.31. The van der Waals surface area contributed by atoms with Crippen molar-refractivity contribution in [2.45, 2.75) is 6.18 Å². The number of carbonyl (C=O) groups is 1. The van der Waals surface area contributed by atoms with Crippen LogP contribution in [-0.4, -0.2) is 30.6 Å². The summed E-state index contributed by atoms with van der Waals surface area (Å²) >= 11 is 0. The number of aromatic carboxylic acids is 1. The van der Waals surface area contributed by atoms with Gasteiger partial charge in [0.15, 0.2) is 5.82 Å². The maximum atomic E-state index is 13.3. The molecule has 23 heavy (non-hydrogen) atoms. The molecule has 0 spiro atoms. The Labute approximate surface area is 127 Å². The van der Waals surface area contributed by atoms with E-state index in [2.05, 4.69) is 15.0 Å². The maximum Gasteiger partial charge on any atom is 0.417 e. The molecule has 0 fully saturated rings. The van der Waals surface area contributed by atoms with E-state index in [9.17, 15) is 18.0 Å². The van der Waals surface area contributed by atoms with Crippen LogP contribution >= 0.6 is 0 Å². The van der Waals surface area contributed by atoms with Crippen molar-refractivity contribution in [1.82, 2.24) is 19.5 Å². The monoisotopic (exact) mass is 322 g/mol. The number of alkyl halides is 3. The summed E-state index contributed by atoms with van der Waals surface area (Å²) in [6.07, 6.45) is -1.27. The van der Waals surface area contributed by atoms with Gasteiger partial charge in [-0.2, -0.15) is 13.2 Å². The lowest BCUT2D eigenvalue weighted by Gasteiger charge is -2.12. The molecule has 3 rings (SSSR count). The average Bonchev–Trinajstić information content (AvgIpc) is 2.86. The van der Waals surface area contributed by atoms with Crippen LogP contribution in [0.2, 0.25) is 0 Å². The second-order valence-corrected chi connectivity index (χ2v) is 4.84. The summed E-state index contributed by atoms with van der Waals surface area (Å²) in [5, 5.41) is 8.80. The van der Waals surface area contributed by atoms with Gasteiger partial charge in [0, 0.05) is 25.0 Å². The van der Waals surface area contributed by atoms with Gasteiger partial charge in [0.05, 0.1) is 28.5 Å². The molecular formula is C14H9F3N4O2. The van der Waals surface area contributed by atoms with E-state index < -0.39 is 17.7 Å². The van der Waals surface area contributed by atoms with Crippen molar-refractivity contribution in [2.75, 3.05) is 0 Å². The van der Waals surface area contributed by atoms with Gasteiger partial charge >= 0.3 is 12.1 Å². The molecule has 0 saturated heterocycles. The van der Waals surface area contributed by atoms with Crippen molar-refractivity contribution in [3.8, 4) is 11.4 Å². The predicted octanol–water partition coefficient (Wildman–Crippen LogP) is 2.75. The van der Waals surface area contributed by atoms with Crippen molar-refractivity contribution < 1.29 is 23.1 Å². The summed E-state index contributed by atoms with van der Waals surface area (Å²) in [6.45, 7) is 0. The topological polar surface area (TPSA) is 80.9 Å². The SMILES string of the molecule is Cn1cnc2cc(-c3ncc(C(=O)O)cn3)c(C(F)(F)F)cc21. The highest BCUT2D eigenvalue weighted by atomic mass is 19.4. The van der Waals surface area contributed by atoms with E-state index in [0.29, 0.717) is 11.0 Å². The molecule has 0 aliphatic carbocycles. The van der Waals surface area contributed by atoms with Crippen molar-refractivity contribution in [3.05, 3.63) is 42.0 Å². The van der Waals surface area contributed by atoms with E-state index >= 15 is 0 Å². The minimum absolute atomic E-state index is 0.207. The summed E-state index contributed by atoms with van der Waals surface area (Å²) in [6, 6.07) is 2.22. The summed E-state index contributed by atoms with van der Waals surface area (Å²) in [4.78, 5) is 22.3. The van der Waals surface area contributed by atoms with Crippen LogP contribution in [0.25, 0.3) is 22.4 Å². The van der Waals surface area contributed by atoms with E-state index in [0.717, 1.165) is 18.5 Å². The molecule has 2 heterocycles. The molecule has 118 valence electrons. The number of rotatable bonds is 2. The number of hydrogen-bond acceptors (Lipinski definition) is 4. The molecule has 9 heteroatoms. The minimum Gasteiger partial charge on any atom is -0.478 e. The lowest BCUT2D eigenvalue weighted by Crippen LogP contribution is -2.09. The predicted molar refractivity (Wildman–Crippen MR) is 73.7 cm³/mol. The maximum absolute atomic E-state index is 13.3. The Morgan fingerprint density at radius 2 is 1.83 bits per heavy atom. The average molecular weight is 322 g/mol. The molecular weight excluding hydrogens is 313 g/mol. The molecule has 6 nitrogen and oxygen atoms in total. The van der Waals surface area contributed by atoms with E-state index in [1.54, 1.807) is 7.05 Å². The first-order chi connectivity index (χ1) is 10.8. The van der Waals surface area contributed by atoms with Crippen LogP contribution in [0.15, 0.2) is 30.9 Å². The van der Waals surface area contributed by atoms with E-state index in [-0.39, 0.29) is 17.0 Å². The Bertz CT molecular complexity index is 901. The van der Waals surface area contributed by atoms with Crippen molar-refractivity contribution in [1.29, 1.82) is 0 Å². The normalized spacial score (nSPS) is 11.8. The first kappa shape index (κ1) is 14.9. The molecule has 0 saturated carbocycles. The minimum atomic E-state index is -4.61. The molecule has 0 atom stereocenters. The molecule has 0 aliphatic heterocycles.